The third-order valence-corrected chi connectivity index (χ3v) is 12.3. The number of halogens is 2. The van der Waals surface area contributed by atoms with Gasteiger partial charge in [0.1, 0.15) is 0 Å². The van der Waals surface area contributed by atoms with E-state index in [0.29, 0.717) is 16.6 Å². The minimum Gasteiger partial charge on any atom is -0.345 e. The molecule has 0 spiro atoms. The van der Waals surface area contributed by atoms with Crippen LogP contribution in [0.4, 0.5) is 4.39 Å². The van der Waals surface area contributed by atoms with Gasteiger partial charge >= 0.3 is 0 Å². The number of fused-ring (bicyclic) bond motifs is 1. The summed E-state index contributed by atoms with van der Waals surface area (Å²) in [7, 11) is -2.05. The van der Waals surface area contributed by atoms with E-state index in [4.69, 9.17) is 0 Å². The molecule has 0 amide bonds. The summed E-state index contributed by atoms with van der Waals surface area (Å²) in [6.45, 7) is 13.6. The van der Waals surface area contributed by atoms with Crippen molar-refractivity contribution >= 4 is 41.7 Å². The Morgan fingerprint density at radius 3 is 1.95 bits per heavy atom. The summed E-state index contributed by atoms with van der Waals surface area (Å²) in [5, 5.41) is 1.02. The summed E-state index contributed by atoms with van der Waals surface area (Å²) >= 11 is 2.31. The smallest absolute Gasteiger partial charge is 0.186 e. The van der Waals surface area contributed by atoms with E-state index in [1.165, 1.54) is 3.57 Å². The van der Waals surface area contributed by atoms with Gasteiger partial charge in [-0.2, -0.15) is 4.39 Å². The fourth-order valence-corrected chi connectivity index (χ4v) is 11.4. The van der Waals surface area contributed by atoms with Crippen molar-refractivity contribution in [1.29, 1.82) is 0 Å². The molecule has 0 N–H and O–H groups in total. The van der Waals surface area contributed by atoms with Crippen molar-refractivity contribution < 1.29 is 4.39 Å². The molecule has 0 aliphatic carbocycles. The fraction of sp³-hybridized carbons (Fsp3) is 0.529. The lowest BCUT2D eigenvalue weighted by Gasteiger charge is -2.44. The van der Waals surface area contributed by atoms with Crippen molar-refractivity contribution in [2.75, 3.05) is 0 Å². The zero-order valence-electron chi connectivity index (χ0n) is 13.7. The lowest BCUT2D eigenvalue weighted by atomic mass is 10.3. The van der Waals surface area contributed by atoms with E-state index in [1.807, 2.05) is 6.07 Å². The maximum Gasteiger partial charge on any atom is 0.186 e. The molecule has 2 rings (SSSR count). The number of nitrogens with zero attached hydrogens (tertiary/aromatic N) is 1. The Labute approximate surface area is 142 Å². The molecule has 0 saturated carbocycles. The molecule has 1 nitrogen and oxygen atoms in total. The van der Waals surface area contributed by atoms with Crippen LogP contribution in [-0.2, 0) is 0 Å². The van der Waals surface area contributed by atoms with Gasteiger partial charge in [-0.05, 0) is 57.4 Å². The quantitative estimate of drug-likeness (QED) is 0.400. The van der Waals surface area contributed by atoms with Gasteiger partial charge < -0.3 is 4.23 Å². The maximum atomic E-state index is 14.9. The number of rotatable bonds is 4. The van der Waals surface area contributed by atoms with Crippen LogP contribution in [0.15, 0.2) is 24.3 Å². The van der Waals surface area contributed by atoms with Crippen molar-refractivity contribution in [2.24, 2.45) is 0 Å². The first-order valence-electron chi connectivity index (χ1n) is 7.69. The molecule has 2 aromatic rings. The van der Waals surface area contributed by atoms with E-state index >= 15 is 0 Å². The first kappa shape index (κ1) is 17.0. The Bertz CT molecular complexity index is 624. The van der Waals surface area contributed by atoms with Crippen LogP contribution in [0.5, 0.6) is 0 Å². The van der Waals surface area contributed by atoms with Gasteiger partial charge in [0, 0.05) is 14.5 Å². The second kappa shape index (κ2) is 6.03. The highest BCUT2D eigenvalue weighted by molar-refractivity contribution is 14.1. The molecular weight excluding hydrogens is 392 g/mol. The van der Waals surface area contributed by atoms with Crippen LogP contribution in [0.2, 0.25) is 16.6 Å². The van der Waals surface area contributed by atoms with E-state index in [9.17, 15) is 4.39 Å². The SMILES string of the molecule is CC(C)[Si](C(C)C)(C(C)C)n1c(F)cc2ccc(I)cc21. The van der Waals surface area contributed by atoms with Gasteiger partial charge in [0.05, 0.1) is 0 Å². The second-order valence-electron chi connectivity index (χ2n) is 6.86. The highest BCUT2D eigenvalue weighted by Gasteiger charge is 2.47. The summed E-state index contributed by atoms with van der Waals surface area (Å²) in [5.41, 5.74) is 2.53. The normalized spacial score (nSPS) is 13.1. The Morgan fingerprint density at radius 2 is 1.48 bits per heavy atom. The number of hydrogen-bond donors (Lipinski definition) is 0. The predicted octanol–water partition coefficient (Wildman–Crippen LogP) is 6.41. The van der Waals surface area contributed by atoms with E-state index in [0.717, 1.165) is 10.9 Å². The highest BCUT2D eigenvalue weighted by atomic mass is 127. The molecule has 1 aromatic carbocycles. The Morgan fingerprint density at radius 1 is 0.952 bits per heavy atom. The number of hydrogen-bond acceptors (Lipinski definition) is 0. The second-order valence-corrected chi connectivity index (χ2v) is 13.8. The zero-order valence-corrected chi connectivity index (χ0v) is 16.9. The van der Waals surface area contributed by atoms with E-state index in [1.54, 1.807) is 6.07 Å². The van der Waals surface area contributed by atoms with Crippen molar-refractivity contribution in [2.45, 2.75) is 58.2 Å². The van der Waals surface area contributed by atoms with Crippen molar-refractivity contribution in [3.8, 4) is 0 Å². The first-order chi connectivity index (χ1) is 9.72. The lowest BCUT2D eigenvalue weighted by molar-refractivity contribution is 0.560. The average Bonchev–Trinajstić information content (AvgIpc) is 2.66. The molecule has 0 fully saturated rings. The third-order valence-electron chi connectivity index (χ3n) is 4.88. The highest BCUT2D eigenvalue weighted by Crippen LogP contribution is 2.45. The minimum absolute atomic E-state index is 0.0604. The molecule has 1 aromatic heterocycles. The van der Waals surface area contributed by atoms with Crippen LogP contribution in [0.1, 0.15) is 41.5 Å². The van der Waals surface area contributed by atoms with Crippen molar-refractivity contribution in [1.82, 2.24) is 4.23 Å². The van der Waals surface area contributed by atoms with Crippen molar-refractivity contribution in [3.05, 3.63) is 33.8 Å². The van der Waals surface area contributed by atoms with E-state index in [-0.39, 0.29) is 5.95 Å². The van der Waals surface area contributed by atoms with Crippen molar-refractivity contribution in [3.63, 3.8) is 0 Å². The molecule has 0 bridgehead atoms. The van der Waals surface area contributed by atoms with Crippen LogP contribution >= 0.6 is 22.6 Å². The summed E-state index contributed by atoms with van der Waals surface area (Å²) < 4.78 is 18.2. The largest absolute Gasteiger partial charge is 0.345 e. The van der Waals surface area contributed by atoms with Crippen LogP contribution < -0.4 is 0 Å². The van der Waals surface area contributed by atoms with E-state index < -0.39 is 8.24 Å². The number of benzene rings is 1. The Balaban J connectivity index is 2.88. The molecule has 116 valence electrons. The number of aromatic nitrogens is 1. The Hall–Kier alpha value is -0.363. The summed E-state index contributed by atoms with van der Waals surface area (Å²) in [6.07, 6.45) is 0. The monoisotopic (exact) mass is 417 g/mol. The van der Waals surface area contributed by atoms with Crippen LogP contribution in [0, 0.1) is 9.52 Å². The van der Waals surface area contributed by atoms with Gasteiger partial charge in [-0.15, -0.1) is 0 Å². The fourth-order valence-electron chi connectivity index (χ4n) is 4.31. The van der Waals surface area contributed by atoms with Gasteiger partial charge in [-0.3, -0.25) is 0 Å². The predicted molar refractivity (Wildman–Crippen MR) is 101 cm³/mol. The van der Waals surface area contributed by atoms with E-state index in [2.05, 4.69) is 80.5 Å². The van der Waals surface area contributed by atoms with Gasteiger partial charge in [0.2, 0.25) is 0 Å². The third kappa shape index (κ3) is 2.58. The summed E-state index contributed by atoms with van der Waals surface area (Å²) in [5.74, 6) is -0.0604. The van der Waals surface area contributed by atoms with Gasteiger partial charge in [0.15, 0.2) is 14.2 Å². The zero-order chi connectivity index (χ0) is 15.9. The summed E-state index contributed by atoms with van der Waals surface area (Å²) in [4.78, 5) is 0. The summed E-state index contributed by atoms with van der Waals surface area (Å²) in [6, 6.07) is 7.93. The van der Waals surface area contributed by atoms with Crippen LogP contribution in [-0.4, -0.2) is 12.5 Å². The molecule has 0 aliphatic heterocycles. The standard InChI is InChI=1S/C17H25FINSi/c1-11(2)21(12(3)4,13(5)6)20-16-10-15(19)8-7-14(16)9-17(20)18/h7-13H,1-6H3. The van der Waals surface area contributed by atoms with Crippen LogP contribution in [0.25, 0.3) is 10.9 Å². The average molecular weight is 417 g/mol. The molecular formula is C17H25FINSi. The maximum absolute atomic E-state index is 14.9. The topological polar surface area (TPSA) is 4.93 Å². The molecule has 1 heterocycles. The van der Waals surface area contributed by atoms with Gasteiger partial charge in [-0.25, -0.2) is 0 Å². The molecule has 4 heteroatoms. The molecule has 0 aliphatic rings. The van der Waals surface area contributed by atoms with Crippen LogP contribution in [0.3, 0.4) is 0 Å². The van der Waals surface area contributed by atoms with Gasteiger partial charge in [-0.1, -0.05) is 47.6 Å². The molecule has 0 unspecified atom stereocenters. The molecule has 0 radical (unpaired) electrons. The molecule has 0 atom stereocenters. The minimum atomic E-state index is -2.05. The molecule has 0 saturated heterocycles. The molecule has 21 heavy (non-hydrogen) atoms. The first-order valence-corrected chi connectivity index (χ1v) is 11.0. The Kier molecular flexibility index (Phi) is 4.88. The lowest BCUT2D eigenvalue weighted by Crippen LogP contribution is -2.52. The van der Waals surface area contributed by atoms with Gasteiger partial charge in [0.25, 0.3) is 0 Å².